The van der Waals surface area contributed by atoms with Crippen LogP contribution in [-0.4, -0.2) is 32.2 Å². The fraction of sp³-hybridized carbons (Fsp3) is 0.125. The molecular weight excluding hydrogens is 461 g/mol. The van der Waals surface area contributed by atoms with Crippen molar-refractivity contribution in [1.82, 2.24) is 25.2 Å². The van der Waals surface area contributed by atoms with E-state index in [1.807, 2.05) is 0 Å². The Bertz CT molecular complexity index is 1400. The summed E-state index contributed by atoms with van der Waals surface area (Å²) in [5.74, 6) is -1.55. The zero-order valence-corrected chi connectivity index (χ0v) is 18.8. The minimum absolute atomic E-state index is 0.0252. The molecule has 172 valence electrons. The minimum atomic E-state index is -0.546. The van der Waals surface area contributed by atoms with Crippen molar-refractivity contribution in [3.05, 3.63) is 99.7 Å². The predicted molar refractivity (Wildman–Crippen MR) is 123 cm³/mol. The number of nitrogens with one attached hydrogen (secondary N) is 2. The van der Waals surface area contributed by atoms with Crippen molar-refractivity contribution >= 4 is 34.8 Å². The van der Waals surface area contributed by atoms with Gasteiger partial charge in [0.1, 0.15) is 17.2 Å². The Balaban J connectivity index is 1.49. The number of amides is 2. The van der Waals surface area contributed by atoms with Crippen LogP contribution in [0.3, 0.4) is 0 Å². The number of carbonyl (C=O) groups excluding carboxylic acids is 3. The zero-order valence-electron chi connectivity index (χ0n) is 18.0. The predicted octanol–water partition coefficient (Wildman–Crippen LogP) is 3.58. The molecule has 0 spiro atoms. The maximum atomic E-state index is 13.3. The molecule has 2 heterocycles. The van der Waals surface area contributed by atoms with Crippen LogP contribution in [0.5, 0.6) is 0 Å². The molecule has 2 amide bonds. The van der Waals surface area contributed by atoms with Crippen LogP contribution in [0.25, 0.3) is 5.65 Å². The van der Waals surface area contributed by atoms with E-state index >= 15 is 0 Å². The van der Waals surface area contributed by atoms with Crippen molar-refractivity contribution < 1.29 is 18.8 Å². The third-order valence-corrected chi connectivity index (χ3v) is 5.36. The summed E-state index contributed by atoms with van der Waals surface area (Å²) in [4.78, 5) is 41.3. The Kier molecular flexibility index (Phi) is 6.65. The number of ketones is 1. The van der Waals surface area contributed by atoms with Crippen LogP contribution in [0.2, 0.25) is 5.02 Å². The normalized spacial score (nSPS) is 10.8. The number of benzene rings is 2. The Labute approximate surface area is 198 Å². The highest BCUT2D eigenvalue weighted by Crippen LogP contribution is 2.16. The summed E-state index contributed by atoms with van der Waals surface area (Å²) in [6, 6.07) is 14.0. The highest BCUT2D eigenvalue weighted by atomic mass is 35.5. The highest BCUT2D eigenvalue weighted by molar-refractivity contribution is 6.30. The number of aromatic nitrogens is 3. The number of nitrogens with zero attached hydrogens (tertiary/aromatic N) is 3. The van der Waals surface area contributed by atoms with E-state index in [0.717, 1.165) is 5.56 Å². The smallest absolute Gasteiger partial charge is 0.270 e. The second kappa shape index (κ2) is 9.80. The maximum absolute atomic E-state index is 13.3. The lowest BCUT2D eigenvalue weighted by Crippen LogP contribution is -2.28. The molecule has 0 aliphatic heterocycles. The van der Waals surface area contributed by atoms with Gasteiger partial charge < -0.3 is 10.6 Å². The van der Waals surface area contributed by atoms with Gasteiger partial charge in [0.25, 0.3) is 11.8 Å². The molecule has 2 aromatic heterocycles. The van der Waals surface area contributed by atoms with Crippen LogP contribution < -0.4 is 10.6 Å². The SMILES string of the molecule is CC(=O)c1ccc(CNC(=O)c2cc(C(=O)NCc3ccc(F)c(Cl)c3)nc3ccnn23)cc1. The number of hydrogen-bond acceptors (Lipinski definition) is 5. The molecule has 34 heavy (non-hydrogen) atoms. The van der Waals surface area contributed by atoms with E-state index in [9.17, 15) is 18.8 Å². The molecule has 4 rings (SSSR count). The van der Waals surface area contributed by atoms with Crippen LogP contribution in [0.15, 0.2) is 60.8 Å². The van der Waals surface area contributed by atoms with Crippen LogP contribution in [0.1, 0.15) is 49.4 Å². The number of rotatable bonds is 7. The van der Waals surface area contributed by atoms with Gasteiger partial charge in [0.2, 0.25) is 0 Å². The first-order valence-corrected chi connectivity index (χ1v) is 10.6. The van der Waals surface area contributed by atoms with E-state index in [0.29, 0.717) is 16.8 Å². The van der Waals surface area contributed by atoms with E-state index in [1.165, 1.54) is 41.9 Å². The Morgan fingerprint density at radius 2 is 1.62 bits per heavy atom. The summed E-state index contributed by atoms with van der Waals surface area (Å²) in [6.45, 7) is 1.80. The molecule has 10 heteroatoms. The van der Waals surface area contributed by atoms with Crippen molar-refractivity contribution in [2.24, 2.45) is 0 Å². The Morgan fingerprint density at radius 3 is 2.32 bits per heavy atom. The van der Waals surface area contributed by atoms with E-state index in [2.05, 4.69) is 20.7 Å². The molecule has 8 nitrogen and oxygen atoms in total. The lowest BCUT2D eigenvalue weighted by atomic mass is 10.1. The van der Waals surface area contributed by atoms with Gasteiger partial charge in [-0.15, -0.1) is 0 Å². The minimum Gasteiger partial charge on any atom is -0.347 e. The maximum Gasteiger partial charge on any atom is 0.270 e. The zero-order chi connectivity index (χ0) is 24.2. The summed E-state index contributed by atoms with van der Waals surface area (Å²) >= 11 is 5.78. The van der Waals surface area contributed by atoms with Gasteiger partial charge in [0.15, 0.2) is 11.4 Å². The molecule has 4 aromatic rings. The van der Waals surface area contributed by atoms with Crippen molar-refractivity contribution in [2.75, 3.05) is 0 Å². The quantitative estimate of drug-likeness (QED) is 0.394. The van der Waals surface area contributed by atoms with Gasteiger partial charge >= 0.3 is 0 Å². The molecule has 0 aliphatic carbocycles. The van der Waals surface area contributed by atoms with Crippen LogP contribution >= 0.6 is 11.6 Å². The second-order valence-electron chi connectivity index (χ2n) is 7.49. The standard InChI is InChI=1S/C24H19ClFN5O3/c1-14(32)17-5-2-15(3-6-17)12-28-24(34)21-11-20(30-22-8-9-29-31(21)22)23(33)27-13-16-4-7-19(26)18(25)10-16/h2-11H,12-13H2,1H3,(H,27,33)(H,28,34). The topological polar surface area (TPSA) is 105 Å². The first kappa shape index (κ1) is 23.1. The summed E-state index contributed by atoms with van der Waals surface area (Å²) in [5.41, 5.74) is 2.48. The van der Waals surface area contributed by atoms with Crippen LogP contribution in [0, 0.1) is 5.82 Å². The molecule has 0 fully saturated rings. The van der Waals surface area contributed by atoms with E-state index in [-0.39, 0.29) is 35.3 Å². The van der Waals surface area contributed by atoms with Crippen LogP contribution in [-0.2, 0) is 13.1 Å². The third kappa shape index (κ3) is 5.10. The number of Topliss-reactive ketones (excluding diaryl/α,β-unsaturated/α-hetero) is 1. The van der Waals surface area contributed by atoms with Crippen LogP contribution in [0.4, 0.5) is 4.39 Å². The fourth-order valence-electron chi connectivity index (χ4n) is 3.24. The van der Waals surface area contributed by atoms with Gasteiger partial charge in [-0.25, -0.2) is 13.9 Å². The summed E-state index contributed by atoms with van der Waals surface area (Å²) in [7, 11) is 0. The van der Waals surface area contributed by atoms with Gasteiger partial charge in [-0.2, -0.15) is 5.10 Å². The van der Waals surface area contributed by atoms with E-state index < -0.39 is 17.6 Å². The average molecular weight is 480 g/mol. The lowest BCUT2D eigenvalue weighted by molar-refractivity contribution is 0.0941. The summed E-state index contributed by atoms with van der Waals surface area (Å²) in [6.07, 6.45) is 1.47. The first-order chi connectivity index (χ1) is 16.3. The molecular formula is C24H19ClFN5O3. The second-order valence-corrected chi connectivity index (χ2v) is 7.90. The molecule has 0 radical (unpaired) electrons. The lowest BCUT2D eigenvalue weighted by Gasteiger charge is -2.10. The van der Waals surface area contributed by atoms with Crippen molar-refractivity contribution in [3.63, 3.8) is 0 Å². The molecule has 0 aliphatic rings. The van der Waals surface area contributed by atoms with Crippen molar-refractivity contribution in [2.45, 2.75) is 20.0 Å². The largest absolute Gasteiger partial charge is 0.347 e. The molecule has 2 aromatic carbocycles. The molecule has 0 atom stereocenters. The molecule has 0 saturated heterocycles. The number of halogens is 2. The summed E-state index contributed by atoms with van der Waals surface area (Å²) < 4.78 is 14.7. The number of hydrogen-bond donors (Lipinski definition) is 2. The highest BCUT2D eigenvalue weighted by Gasteiger charge is 2.17. The fourth-order valence-corrected chi connectivity index (χ4v) is 3.45. The van der Waals surface area contributed by atoms with Crippen molar-refractivity contribution in [1.29, 1.82) is 0 Å². The van der Waals surface area contributed by atoms with E-state index in [1.54, 1.807) is 30.3 Å². The number of carbonyl (C=O) groups is 3. The average Bonchev–Trinajstić information content (AvgIpc) is 3.31. The first-order valence-electron chi connectivity index (χ1n) is 10.3. The Hall–Kier alpha value is -4.11. The van der Waals surface area contributed by atoms with Gasteiger partial charge in [-0.1, -0.05) is 41.9 Å². The van der Waals surface area contributed by atoms with Gasteiger partial charge in [-0.05, 0) is 30.2 Å². The van der Waals surface area contributed by atoms with Gasteiger partial charge in [0.05, 0.1) is 11.2 Å². The molecule has 0 unspecified atom stereocenters. The molecule has 0 saturated carbocycles. The van der Waals surface area contributed by atoms with E-state index in [4.69, 9.17) is 11.6 Å². The van der Waals surface area contributed by atoms with Gasteiger partial charge in [0, 0.05) is 30.8 Å². The summed E-state index contributed by atoms with van der Waals surface area (Å²) in [5, 5.41) is 9.54. The molecule has 0 bridgehead atoms. The van der Waals surface area contributed by atoms with Gasteiger partial charge in [-0.3, -0.25) is 14.4 Å². The third-order valence-electron chi connectivity index (χ3n) is 5.08. The number of fused-ring (bicyclic) bond motifs is 1. The molecule has 2 N–H and O–H groups in total. The monoisotopic (exact) mass is 479 g/mol. The Morgan fingerprint density at radius 1 is 0.941 bits per heavy atom. The van der Waals surface area contributed by atoms with Crippen molar-refractivity contribution in [3.8, 4) is 0 Å².